The van der Waals surface area contributed by atoms with Crippen LogP contribution in [0.1, 0.15) is 20.8 Å². The van der Waals surface area contributed by atoms with Crippen molar-refractivity contribution in [3.63, 3.8) is 0 Å². The first kappa shape index (κ1) is 13.0. The van der Waals surface area contributed by atoms with E-state index in [4.69, 9.17) is 0 Å². The average molecular weight is 290 g/mol. The van der Waals surface area contributed by atoms with E-state index in [0.29, 0.717) is 5.75 Å². The summed E-state index contributed by atoms with van der Waals surface area (Å²) in [6.07, 6.45) is 1.76. The van der Waals surface area contributed by atoms with Crippen LogP contribution in [-0.2, 0) is 0 Å². The molecule has 0 bridgehead atoms. The van der Waals surface area contributed by atoms with Crippen LogP contribution in [0, 0.1) is 5.92 Å². The van der Waals surface area contributed by atoms with Gasteiger partial charge in [-0.2, -0.15) is 0 Å². The molecule has 1 heterocycles. The molecule has 0 spiro atoms. The van der Waals surface area contributed by atoms with E-state index >= 15 is 0 Å². The summed E-state index contributed by atoms with van der Waals surface area (Å²) in [5.41, 5.74) is -0.651. The topological polar surface area (TPSA) is 33.1 Å². The third-order valence-electron chi connectivity index (χ3n) is 2.47. The largest absolute Gasteiger partial charge is 0.389 e. The average Bonchev–Trinajstić information content (AvgIpc) is 2.16. The molecule has 1 atom stereocenters. The van der Waals surface area contributed by atoms with Gasteiger partial charge < -0.3 is 5.11 Å². The van der Waals surface area contributed by atoms with Crippen molar-refractivity contribution in [1.82, 2.24) is 4.98 Å². The molecule has 0 aromatic carbocycles. The second-order valence-electron chi connectivity index (χ2n) is 4.09. The first-order chi connectivity index (χ1) is 6.93. The van der Waals surface area contributed by atoms with Crippen LogP contribution in [0.5, 0.6) is 0 Å². The zero-order chi connectivity index (χ0) is 11.5. The molecule has 0 saturated carbocycles. The van der Waals surface area contributed by atoms with E-state index in [1.165, 1.54) is 0 Å². The summed E-state index contributed by atoms with van der Waals surface area (Å²) < 4.78 is 0.981. The fourth-order valence-corrected chi connectivity index (χ4v) is 2.56. The third kappa shape index (κ3) is 3.78. The summed E-state index contributed by atoms with van der Waals surface area (Å²) >= 11 is 5.01. The van der Waals surface area contributed by atoms with Gasteiger partial charge in [0.05, 0.1) is 5.60 Å². The normalized spacial score (nSPS) is 15.3. The highest BCUT2D eigenvalue weighted by Gasteiger charge is 2.25. The lowest BCUT2D eigenvalue weighted by Crippen LogP contribution is -2.33. The molecule has 1 unspecified atom stereocenters. The molecule has 0 aliphatic carbocycles. The van der Waals surface area contributed by atoms with Crippen molar-refractivity contribution in [3.8, 4) is 0 Å². The molecule has 0 saturated heterocycles. The van der Waals surface area contributed by atoms with Gasteiger partial charge in [-0.25, -0.2) is 4.98 Å². The number of thioether (sulfide) groups is 1. The smallest absolute Gasteiger partial charge is 0.110 e. The number of rotatable bonds is 4. The number of pyridine rings is 1. The molecule has 0 fully saturated rings. The Hall–Kier alpha value is -0.0600. The number of nitrogens with zero attached hydrogens (tertiary/aromatic N) is 1. The molecule has 84 valence electrons. The van der Waals surface area contributed by atoms with E-state index in [-0.39, 0.29) is 5.92 Å². The van der Waals surface area contributed by atoms with Gasteiger partial charge in [-0.1, -0.05) is 13.8 Å². The summed E-state index contributed by atoms with van der Waals surface area (Å²) in [6.45, 7) is 5.91. The maximum atomic E-state index is 10.1. The monoisotopic (exact) mass is 289 g/mol. The van der Waals surface area contributed by atoms with Crippen molar-refractivity contribution < 1.29 is 5.11 Å². The molecule has 1 rings (SSSR count). The molecule has 0 aliphatic rings. The van der Waals surface area contributed by atoms with Crippen LogP contribution < -0.4 is 0 Å². The molecule has 4 heteroatoms. The second-order valence-corrected chi connectivity index (χ2v) is 5.91. The van der Waals surface area contributed by atoms with Gasteiger partial charge in [-0.3, -0.25) is 0 Å². The Morgan fingerprint density at radius 3 is 2.80 bits per heavy atom. The van der Waals surface area contributed by atoms with E-state index in [0.717, 1.165) is 9.50 Å². The Kier molecular flexibility index (Phi) is 4.62. The molecule has 2 nitrogen and oxygen atoms in total. The fraction of sp³-hybridized carbons (Fsp3) is 0.545. The Labute approximate surface area is 104 Å². The first-order valence-corrected chi connectivity index (χ1v) is 6.67. The molecule has 0 amide bonds. The van der Waals surface area contributed by atoms with Crippen molar-refractivity contribution >= 4 is 27.7 Å². The highest BCUT2D eigenvalue weighted by atomic mass is 79.9. The first-order valence-electron chi connectivity index (χ1n) is 4.89. The molecule has 0 aliphatic heterocycles. The lowest BCUT2D eigenvalue weighted by molar-refractivity contribution is 0.0376. The minimum atomic E-state index is -0.651. The highest BCUT2D eigenvalue weighted by Crippen LogP contribution is 2.29. The van der Waals surface area contributed by atoms with Crippen molar-refractivity contribution in [2.24, 2.45) is 5.92 Å². The number of aliphatic hydroxyl groups is 1. The van der Waals surface area contributed by atoms with E-state index < -0.39 is 5.60 Å². The van der Waals surface area contributed by atoms with Crippen molar-refractivity contribution in [1.29, 1.82) is 0 Å². The van der Waals surface area contributed by atoms with Crippen LogP contribution in [0.4, 0.5) is 0 Å². The minimum Gasteiger partial charge on any atom is -0.389 e. The second kappa shape index (κ2) is 5.32. The lowest BCUT2D eigenvalue weighted by Gasteiger charge is -2.26. The number of halogens is 1. The van der Waals surface area contributed by atoms with E-state index in [2.05, 4.69) is 20.9 Å². The molecule has 1 N–H and O–H groups in total. The summed E-state index contributed by atoms with van der Waals surface area (Å²) in [6, 6.07) is 3.84. The van der Waals surface area contributed by atoms with E-state index in [9.17, 15) is 5.11 Å². The van der Waals surface area contributed by atoms with Crippen LogP contribution in [0.3, 0.4) is 0 Å². The molecular formula is C11H16BrNOS. The van der Waals surface area contributed by atoms with Crippen LogP contribution in [-0.4, -0.2) is 21.4 Å². The number of aromatic nitrogens is 1. The predicted molar refractivity (Wildman–Crippen MR) is 68.1 cm³/mol. The minimum absolute atomic E-state index is 0.243. The molecule has 15 heavy (non-hydrogen) atoms. The molecule has 0 radical (unpaired) electrons. The van der Waals surface area contributed by atoms with Crippen molar-refractivity contribution in [2.45, 2.75) is 31.4 Å². The van der Waals surface area contributed by atoms with Crippen LogP contribution in [0.2, 0.25) is 0 Å². The van der Waals surface area contributed by atoms with Gasteiger partial charge in [0, 0.05) is 16.4 Å². The molecule has 1 aromatic heterocycles. The Bertz CT molecular complexity index is 328. The Morgan fingerprint density at radius 1 is 1.60 bits per heavy atom. The van der Waals surface area contributed by atoms with Crippen LogP contribution >= 0.6 is 27.7 Å². The van der Waals surface area contributed by atoms with E-state index in [1.807, 2.05) is 32.9 Å². The third-order valence-corrected chi connectivity index (χ3v) is 4.70. The lowest BCUT2D eigenvalue weighted by atomic mass is 9.95. The zero-order valence-electron chi connectivity index (χ0n) is 9.20. The Balaban J connectivity index is 2.62. The standard InChI is InChI=1S/C11H16BrNOS/c1-8(2)11(3,14)7-15-10-9(12)5-4-6-13-10/h4-6,8,14H,7H2,1-3H3. The van der Waals surface area contributed by atoms with Crippen molar-refractivity contribution in [3.05, 3.63) is 22.8 Å². The molecular weight excluding hydrogens is 274 g/mol. The van der Waals surface area contributed by atoms with Crippen LogP contribution in [0.15, 0.2) is 27.8 Å². The van der Waals surface area contributed by atoms with Gasteiger partial charge in [0.15, 0.2) is 0 Å². The Morgan fingerprint density at radius 2 is 2.27 bits per heavy atom. The SMILES string of the molecule is CC(C)C(C)(O)CSc1ncccc1Br. The maximum absolute atomic E-state index is 10.1. The maximum Gasteiger partial charge on any atom is 0.110 e. The van der Waals surface area contributed by atoms with E-state index in [1.54, 1.807) is 18.0 Å². The fourth-order valence-electron chi connectivity index (χ4n) is 0.859. The van der Waals surface area contributed by atoms with Gasteiger partial charge in [-0.05, 0) is 40.9 Å². The summed E-state index contributed by atoms with van der Waals surface area (Å²) in [5.74, 6) is 0.896. The summed E-state index contributed by atoms with van der Waals surface area (Å²) in [7, 11) is 0. The summed E-state index contributed by atoms with van der Waals surface area (Å²) in [4.78, 5) is 4.25. The van der Waals surface area contributed by atoms with Gasteiger partial charge >= 0.3 is 0 Å². The quantitative estimate of drug-likeness (QED) is 0.863. The van der Waals surface area contributed by atoms with Gasteiger partial charge in [0.2, 0.25) is 0 Å². The molecule has 1 aromatic rings. The summed E-state index contributed by atoms with van der Waals surface area (Å²) in [5, 5.41) is 11.0. The predicted octanol–water partition coefficient (Wildman–Crippen LogP) is 3.34. The van der Waals surface area contributed by atoms with Gasteiger partial charge in [0.25, 0.3) is 0 Å². The highest BCUT2D eigenvalue weighted by molar-refractivity contribution is 9.10. The number of hydrogen-bond donors (Lipinski definition) is 1. The van der Waals surface area contributed by atoms with Gasteiger partial charge in [-0.15, -0.1) is 11.8 Å². The van der Waals surface area contributed by atoms with Crippen molar-refractivity contribution in [2.75, 3.05) is 5.75 Å². The zero-order valence-corrected chi connectivity index (χ0v) is 11.6. The van der Waals surface area contributed by atoms with Gasteiger partial charge in [0.1, 0.15) is 5.03 Å². The number of hydrogen-bond acceptors (Lipinski definition) is 3. The van der Waals surface area contributed by atoms with Crippen LogP contribution in [0.25, 0.3) is 0 Å².